The number of benzene rings is 3. The van der Waals surface area contributed by atoms with Crippen LogP contribution in [-0.4, -0.2) is 44.4 Å². The summed E-state index contributed by atoms with van der Waals surface area (Å²) in [5.74, 6) is 0.799. The number of phenols is 1. The van der Waals surface area contributed by atoms with E-state index in [1.165, 1.54) is 24.9 Å². The number of halogens is 1. The molecular weight excluding hydrogens is 486 g/mol. The van der Waals surface area contributed by atoms with Crippen molar-refractivity contribution in [2.45, 2.75) is 12.1 Å². The summed E-state index contributed by atoms with van der Waals surface area (Å²) >= 11 is 7.32. The van der Waals surface area contributed by atoms with Crippen molar-refractivity contribution in [2.75, 3.05) is 12.9 Å². The molecule has 0 saturated carbocycles. The van der Waals surface area contributed by atoms with Crippen LogP contribution < -0.4 is 10.2 Å². The van der Waals surface area contributed by atoms with E-state index >= 15 is 0 Å². The molecule has 1 aromatic heterocycles. The SMILES string of the molecule is COc1cc(/C(C)=N\NC(=O)CSc2nnc(-c3ccccc3)n2-c2ccc(Cl)cc2)ccc1O. The van der Waals surface area contributed by atoms with Gasteiger partial charge in [-0.3, -0.25) is 9.36 Å². The number of thioether (sulfide) groups is 1. The largest absolute Gasteiger partial charge is 0.504 e. The summed E-state index contributed by atoms with van der Waals surface area (Å²) in [5, 5.41) is 23.8. The van der Waals surface area contributed by atoms with Crippen LogP contribution in [0.15, 0.2) is 83.1 Å². The number of aromatic hydroxyl groups is 1. The summed E-state index contributed by atoms with van der Waals surface area (Å²) < 4.78 is 7.01. The van der Waals surface area contributed by atoms with Gasteiger partial charge in [0.05, 0.1) is 18.6 Å². The quantitative estimate of drug-likeness (QED) is 0.199. The summed E-state index contributed by atoms with van der Waals surface area (Å²) in [7, 11) is 1.47. The van der Waals surface area contributed by atoms with Gasteiger partial charge in [-0.1, -0.05) is 53.7 Å². The minimum atomic E-state index is -0.299. The first-order valence-corrected chi connectivity index (χ1v) is 11.9. The average Bonchev–Trinajstić information content (AvgIpc) is 3.31. The van der Waals surface area contributed by atoms with Crippen molar-refractivity contribution in [3.05, 3.63) is 83.4 Å². The van der Waals surface area contributed by atoms with Crippen molar-refractivity contribution in [1.29, 1.82) is 0 Å². The highest BCUT2D eigenvalue weighted by atomic mass is 35.5. The first kappa shape index (κ1) is 24.3. The summed E-state index contributed by atoms with van der Waals surface area (Å²) in [4.78, 5) is 12.5. The standard InChI is InChI=1S/C25H22ClN5O3S/c1-16(18-8-13-21(32)22(14-18)34-2)27-28-23(33)15-35-25-30-29-24(17-6-4-3-5-7-17)31(25)20-11-9-19(26)10-12-20/h3-14,32H,15H2,1-2H3,(H,28,33)/b27-16-. The molecule has 0 aliphatic heterocycles. The zero-order chi connectivity index (χ0) is 24.8. The predicted octanol–water partition coefficient (Wildman–Crippen LogP) is 4.93. The number of hydrogen-bond donors (Lipinski definition) is 2. The maximum Gasteiger partial charge on any atom is 0.250 e. The molecule has 0 spiro atoms. The number of nitrogens with zero attached hydrogens (tertiary/aromatic N) is 4. The Morgan fingerprint density at radius 3 is 2.57 bits per heavy atom. The van der Waals surface area contributed by atoms with Crippen LogP contribution in [-0.2, 0) is 4.79 Å². The molecule has 1 heterocycles. The van der Waals surface area contributed by atoms with E-state index in [0.29, 0.717) is 33.0 Å². The number of carbonyl (C=O) groups excluding carboxylic acids is 1. The van der Waals surface area contributed by atoms with Gasteiger partial charge in [0.15, 0.2) is 22.5 Å². The summed E-state index contributed by atoms with van der Waals surface area (Å²) in [6.45, 7) is 1.75. The topological polar surface area (TPSA) is 102 Å². The van der Waals surface area contributed by atoms with Crippen LogP contribution >= 0.6 is 23.4 Å². The third-order valence-electron chi connectivity index (χ3n) is 5.03. The Morgan fingerprint density at radius 2 is 1.86 bits per heavy atom. The highest BCUT2D eigenvalue weighted by Crippen LogP contribution is 2.29. The van der Waals surface area contributed by atoms with E-state index in [-0.39, 0.29) is 17.4 Å². The molecule has 0 aliphatic carbocycles. The molecule has 3 aromatic carbocycles. The van der Waals surface area contributed by atoms with E-state index in [1.54, 1.807) is 31.2 Å². The zero-order valence-corrected chi connectivity index (χ0v) is 20.5. The van der Waals surface area contributed by atoms with Crippen molar-refractivity contribution in [3.63, 3.8) is 0 Å². The molecule has 0 unspecified atom stereocenters. The third kappa shape index (κ3) is 5.82. The molecule has 0 aliphatic rings. The summed E-state index contributed by atoms with van der Waals surface area (Å²) in [6.07, 6.45) is 0. The van der Waals surface area contributed by atoms with Crippen LogP contribution in [0.5, 0.6) is 11.5 Å². The molecular formula is C25H22ClN5O3S. The second kappa shape index (κ2) is 11.1. The van der Waals surface area contributed by atoms with Crippen LogP contribution in [0.1, 0.15) is 12.5 Å². The summed E-state index contributed by atoms with van der Waals surface area (Å²) in [6, 6.07) is 21.9. The number of carbonyl (C=O) groups is 1. The first-order chi connectivity index (χ1) is 17.0. The van der Waals surface area contributed by atoms with Gasteiger partial charge >= 0.3 is 0 Å². The number of ether oxygens (including phenoxy) is 1. The number of hydrazone groups is 1. The lowest BCUT2D eigenvalue weighted by Crippen LogP contribution is -2.21. The van der Waals surface area contributed by atoms with Gasteiger partial charge in [0, 0.05) is 21.8 Å². The normalized spacial score (nSPS) is 11.3. The van der Waals surface area contributed by atoms with Crippen LogP contribution in [0.25, 0.3) is 17.1 Å². The fourth-order valence-electron chi connectivity index (χ4n) is 3.24. The highest BCUT2D eigenvalue weighted by molar-refractivity contribution is 7.99. The third-order valence-corrected chi connectivity index (χ3v) is 6.21. The van der Waals surface area contributed by atoms with Gasteiger partial charge in [-0.25, -0.2) is 5.43 Å². The summed E-state index contributed by atoms with van der Waals surface area (Å²) in [5.41, 5.74) is 5.56. The van der Waals surface area contributed by atoms with Gasteiger partial charge < -0.3 is 9.84 Å². The van der Waals surface area contributed by atoms with Gasteiger partial charge in [0.25, 0.3) is 5.91 Å². The van der Waals surface area contributed by atoms with Gasteiger partial charge in [0.2, 0.25) is 0 Å². The maximum absolute atomic E-state index is 12.5. The van der Waals surface area contributed by atoms with Crippen LogP contribution in [0.4, 0.5) is 0 Å². The van der Waals surface area contributed by atoms with E-state index in [4.69, 9.17) is 16.3 Å². The van der Waals surface area contributed by atoms with Gasteiger partial charge in [-0.15, -0.1) is 10.2 Å². The number of amides is 1. The zero-order valence-electron chi connectivity index (χ0n) is 19.0. The van der Waals surface area contributed by atoms with Crippen molar-refractivity contribution in [3.8, 4) is 28.6 Å². The van der Waals surface area contributed by atoms with E-state index in [9.17, 15) is 9.90 Å². The van der Waals surface area contributed by atoms with Crippen LogP contribution in [0.3, 0.4) is 0 Å². The lowest BCUT2D eigenvalue weighted by molar-refractivity contribution is -0.118. The number of phenolic OH excluding ortho intramolecular Hbond substituents is 1. The van der Waals surface area contributed by atoms with Crippen molar-refractivity contribution >= 4 is 35.0 Å². The van der Waals surface area contributed by atoms with Gasteiger partial charge in [-0.05, 0) is 49.4 Å². The number of aromatic nitrogens is 3. The molecule has 8 nitrogen and oxygen atoms in total. The number of nitrogens with one attached hydrogen (secondary N) is 1. The lowest BCUT2D eigenvalue weighted by atomic mass is 10.1. The molecule has 4 rings (SSSR count). The Morgan fingerprint density at radius 1 is 1.11 bits per heavy atom. The molecule has 0 fully saturated rings. The second-order valence-electron chi connectivity index (χ2n) is 7.39. The molecule has 4 aromatic rings. The molecule has 0 saturated heterocycles. The van der Waals surface area contributed by atoms with Gasteiger partial charge in [-0.2, -0.15) is 5.10 Å². The monoisotopic (exact) mass is 507 g/mol. The highest BCUT2D eigenvalue weighted by Gasteiger charge is 2.17. The van der Waals surface area contributed by atoms with Crippen LogP contribution in [0.2, 0.25) is 5.02 Å². The van der Waals surface area contributed by atoms with Crippen molar-refractivity contribution in [2.24, 2.45) is 5.10 Å². The number of methoxy groups -OCH3 is 1. The van der Waals surface area contributed by atoms with E-state index in [1.807, 2.05) is 47.0 Å². The smallest absolute Gasteiger partial charge is 0.250 e. The maximum atomic E-state index is 12.5. The Bertz CT molecular complexity index is 1360. The van der Waals surface area contributed by atoms with E-state index in [0.717, 1.165) is 11.3 Å². The van der Waals surface area contributed by atoms with E-state index in [2.05, 4.69) is 20.7 Å². The Balaban J connectivity index is 1.50. The predicted molar refractivity (Wildman–Crippen MR) is 138 cm³/mol. The molecule has 0 radical (unpaired) electrons. The minimum absolute atomic E-state index is 0.0316. The van der Waals surface area contributed by atoms with Crippen LogP contribution in [0, 0.1) is 0 Å². The van der Waals surface area contributed by atoms with Gasteiger partial charge in [0.1, 0.15) is 0 Å². The molecule has 0 atom stereocenters. The minimum Gasteiger partial charge on any atom is -0.504 e. The Kier molecular flexibility index (Phi) is 7.69. The van der Waals surface area contributed by atoms with Crippen molar-refractivity contribution < 1.29 is 14.6 Å². The number of rotatable bonds is 8. The Hall–Kier alpha value is -3.82. The second-order valence-corrected chi connectivity index (χ2v) is 8.77. The average molecular weight is 508 g/mol. The molecule has 0 bridgehead atoms. The fraction of sp³-hybridized carbons (Fsp3) is 0.120. The first-order valence-electron chi connectivity index (χ1n) is 10.6. The molecule has 35 heavy (non-hydrogen) atoms. The number of hydrogen-bond acceptors (Lipinski definition) is 7. The molecule has 10 heteroatoms. The molecule has 178 valence electrons. The lowest BCUT2D eigenvalue weighted by Gasteiger charge is -2.10. The molecule has 2 N–H and O–H groups in total. The molecule has 1 amide bonds. The fourth-order valence-corrected chi connectivity index (χ4v) is 4.11. The van der Waals surface area contributed by atoms with Crippen molar-refractivity contribution in [1.82, 2.24) is 20.2 Å². The Labute approximate surface area is 211 Å². The van der Waals surface area contributed by atoms with E-state index < -0.39 is 0 Å².